The summed E-state index contributed by atoms with van der Waals surface area (Å²) in [6.07, 6.45) is 0. The van der Waals surface area contributed by atoms with E-state index >= 15 is 0 Å². The smallest absolute Gasteiger partial charge is 0.128 e. The van der Waals surface area contributed by atoms with Gasteiger partial charge in [0, 0.05) is 17.8 Å². The first-order chi connectivity index (χ1) is 7.36. The molecule has 2 aromatic rings. The van der Waals surface area contributed by atoms with E-state index in [0.717, 1.165) is 5.69 Å². The van der Waals surface area contributed by atoms with Crippen LogP contribution in [0.15, 0.2) is 48.5 Å². The second kappa shape index (κ2) is 4.60. The van der Waals surface area contributed by atoms with Crippen LogP contribution in [0.2, 0.25) is 0 Å². The summed E-state index contributed by atoms with van der Waals surface area (Å²) in [6, 6.07) is 17.1. The minimum absolute atomic E-state index is 0.174. The van der Waals surface area contributed by atoms with Gasteiger partial charge in [0.25, 0.3) is 0 Å². The van der Waals surface area contributed by atoms with Crippen molar-refractivity contribution in [3.05, 3.63) is 66.0 Å². The van der Waals surface area contributed by atoms with E-state index in [9.17, 15) is 4.39 Å². The molecule has 0 amide bonds. The van der Waals surface area contributed by atoms with Gasteiger partial charge in [0.15, 0.2) is 0 Å². The lowest BCUT2D eigenvalue weighted by Gasteiger charge is -2.06. The third kappa shape index (κ3) is 2.56. The minimum Gasteiger partial charge on any atom is -0.381 e. The van der Waals surface area contributed by atoms with Crippen molar-refractivity contribution in [2.45, 2.75) is 6.54 Å². The van der Waals surface area contributed by atoms with Gasteiger partial charge in [-0.3, -0.25) is 0 Å². The molecule has 15 heavy (non-hydrogen) atoms. The molecule has 0 aliphatic carbocycles. The second-order valence-electron chi connectivity index (χ2n) is 3.23. The normalized spacial score (nSPS) is 9.93. The highest BCUT2D eigenvalue weighted by molar-refractivity contribution is 5.42. The van der Waals surface area contributed by atoms with Crippen LogP contribution < -0.4 is 5.32 Å². The molecule has 2 aromatic carbocycles. The number of anilines is 1. The number of nitrogens with one attached hydrogen (secondary N) is 1. The van der Waals surface area contributed by atoms with Crippen molar-refractivity contribution in [1.82, 2.24) is 0 Å². The van der Waals surface area contributed by atoms with Gasteiger partial charge in [-0.1, -0.05) is 30.3 Å². The van der Waals surface area contributed by atoms with Gasteiger partial charge in [-0.05, 0) is 24.3 Å². The lowest BCUT2D eigenvalue weighted by molar-refractivity contribution is 0.613. The van der Waals surface area contributed by atoms with Gasteiger partial charge in [-0.15, -0.1) is 0 Å². The van der Waals surface area contributed by atoms with E-state index < -0.39 is 0 Å². The predicted octanol–water partition coefficient (Wildman–Crippen LogP) is 3.24. The van der Waals surface area contributed by atoms with Crippen molar-refractivity contribution >= 4 is 5.69 Å². The van der Waals surface area contributed by atoms with E-state index in [1.165, 1.54) is 6.07 Å². The summed E-state index contributed by atoms with van der Waals surface area (Å²) in [4.78, 5) is 0. The zero-order chi connectivity index (χ0) is 10.5. The average Bonchev–Trinajstić information content (AvgIpc) is 2.29. The highest BCUT2D eigenvalue weighted by atomic mass is 19.1. The Morgan fingerprint density at radius 3 is 2.53 bits per heavy atom. The lowest BCUT2D eigenvalue weighted by atomic mass is 10.2. The Labute approximate surface area is 88.6 Å². The number of hydrogen-bond donors (Lipinski definition) is 1. The Morgan fingerprint density at radius 1 is 1.07 bits per heavy atom. The maximum absolute atomic E-state index is 13.2. The molecule has 0 aliphatic rings. The molecule has 1 N–H and O–H groups in total. The van der Waals surface area contributed by atoms with Crippen LogP contribution in [0.4, 0.5) is 10.1 Å². The van der Waals surface area contributed by atoms with Crippen LogP contribution in [-0.2, 0) is 6.54 Å². The molecule has 0 aromatic heterocycles. The van der Waals surface area contributed by atoms with Crippen molar-refractivity contribution in [2.75, 3.05) is 5.32 Å². The van der Waals surface area contributed by atoms with Crippen molar-refractivity contribution in [3.63, 3.8) is 0 Å². The Kier molecular flexibility index (Phi) is 2.98. The summed E-state index contributed by atoms with van der Waals surface area (Å²) in [7, 11) is 0. The first kappa shape index (κ1) is 9.71. The molecule has 0 aliphatic heterocycles. The Balaban J connectivity index is 2.03. The highest BCUT2D eigenvalue weighted by Gasteiger charge is 1.99. The van der Waals surface area contributed by atoms with Gasteiger partial charge in [0.1, 0.15) is 5.82 Å². The molecular formula is C13H11FN. The molecule has 0 saturated carbocycles. The van der Waals surface area contributed by atoms with Crippen LogP contribution in [0.5, 0.6) is 0 Å². The zero-order valence-electron chi connectivity index (χ0n) is 8.20. The van der Waals surface area contributed by atoms with Gasteiger partial charge in [-0.25, -0.2) is 4.39 Å². The van der Waals surface area contributed by atoms with E-state index in [0.29, 0.717) is 12.1 Å². The minimum atomic E-state index is -0.174. The first-order valence-corrected chi connectivity index (χ1v) is 4.79. The number of hydrogen-bond acceptors (Lipinski definition) is 1. The van der Waals surface area contributed by atoms with Gasteiger partial charge in [-0.2, -0.15) is 0 Å². The number of halogens is 1. The van der Waals surface area contributed by atoms with Crippen molar-refractivity contribution in [3.8, 4) is 0 Å². The molecule has 0 unspecified atom stereocenters. The molecule has 1 radical (unpaired) electrons. The van der Waals surface area contributed by atoms with E-state index in [-0.39, 0.29) is 5.82 Å². The molecule has 0 spiro atoms. The summed E-state index contributed by atoms with van der Waals surface area (Å²) in [5.74, 6) is -0.174. The van der Waals surface area contributed by atoms with Gasteiger partial charge in [0.05, 0.1) is 0 Å². The van der Waals surface area contributed by atoms with Crippen molar-refractivity contribution < 1.29 is 4.39 Å². The molecule has 0 saturated heterocycles. The highest BCUT2D eigenvalue weighted by Crippen LogP contribution is 2.10. The molecule has 0 fully saturated rings. The summed E-state index contributed by atoms with van der Waals surface area (Å²) >= 11 is 0. The Bertz CT molecular complexity index is 426. The third-order valence-electron chi connectivity index (χ3n) is 2.16. The van der Waals surface area contributed by atoms with E-state index in [1.54, 1.807) is 12.1 Å². The monoisotopic (exact) mass is 200 g/mol. The fourth-order valence-corrected chi connectivity index (χ4v) is 1.34. The van der Waals surface area contributed by atoms with Crippen LogP contribution >= 0.6 is 0 Å². The Hall–Kier alpha value is -1.83. The molecule has 1 nitrogen and oxygen atoms in total. The van der Waals surface area contributed by atoms with Crippen LogP contribution in [0.3, 0.4) is 0 Å². The molecule has 0 bridgehead atoms. The average molecular weight is 200 g/mol. The van der Waals surface area contributed by atoms with Crippen molar-refractivity contribution in [1.29, 1.82) is 0 Å². The maximum atomic E-state index is 13.2. The van der Waals surface area contributed by atoms with Crippen LogP contribution in [0.25, 0.3) is 0 Å². The molecule has 75 valence electrons. The fourth-order valence-electron chi connectivity index (χ4n) is 1.34. The number of rotatable bonds is 3. The molecule has 2 heteroatoms. The summed E-state index contributed by atoms with van der Waals surface area (Å²) < 4.78 is 13.2. The molecule has 0 atom stereocenters. The largest absolute Gasteiger partial charge is 0.381 e. The summed E-state index contributed by atoms with van der Waals surface area (Å²) in [5, 5.41) is 3.14. The fraction of sp³-hybridized carbons (Fsp3) is 0.0769. The van der Waals surface area contributed by atoms with Crippen LogP contribution in [0.1, 0.15) is 5.56 Å². The number of benzene rings is 2. The first-order valence-electron chi connectivity index (χ1n) is 4.79. The van der Waals surface area contributed by atoms with Crippen LogP contribution in [-0.4, -0.2) is 0 Å². The van der Waals surface area contributed by atoms with E-state index in [4.69, 9.17) is 0 Å². The maximum Gasteiger partial charge on any atom is 0.128 e. The Morgan fingerprint density at radius 2 is 1.80 bits per heavy atom. The summed E-state index contributed by atoms with van der Waals surface area (Å²) in [6.45, 7) is 0.497. The SMILES string of the molecule is Fc1ccccc1CNc1cc[c]cc1. The van der Waals surface area contributed by atoms with Gasteiger partial charge < -0.3 is 5.32 Å². The second-order valence-corrected chi connectivity index (χ2v) is 3.23. The quantitative estimate of drug-likeness (QED) is 0.802. The van der Waals surface area contributed by atoms with Gasteiger partial charge in [0.2, 0.25) is 0 Å². The van der Waals surface area contributed by atoms with E-state index in [2.05, 4.69) is 11.4 Å². The summed E-state index contributed by atoms with van der Waals surface area (Å²) in [5.41, 5.74) is 1.64. The van der Waals surface area contributed by atoms with E-state index in [1.807, 2.05) is 30.3 Å². The molecular weight excluding hydrogens is 189 g/mol. The zero-order valence-corrected chi connectivity index (χ0v) is 8.20. The third-order valence-corrected chi connectivity index (χ3v) is 2.16. The lowest BCUT2D eigenvalue weighted by Crippen LogP contribution is -2.01. The molecule has 0 heterocycles. The topological polar surface area (TPSA) is 12.0 Å². The predicted molar refractivity (Wildman–Crippen MR) is 59.0 cm³/mol. The van der Waals surface area contributed by atoms with Gasteiger partial charge >= 0.3 is 0 Å². The standard InChI is InChI=1S/C13H11FN/c14-13-9-5-4-6-11(13)10-15-12-7-2-1-3-8-12/h2-9,15H,10H2. The molecule has 2 rings (SSSR count). The van der Waals surface area contributed by atoms with Crippen LogP contribution in [0, 0.1) is 11.9 Å². The van der Waals surface area contributed by atoms with Crippen molar-refractivity contribution in [2.24, 2.45) is 0 Å².